The summed E-state index contributed by atoms with van der Waals surface area (Å²) in [7, 11) is 0. The molecule has 0 aliphatic heterocycles. The summed E-state index contributed by atoms with van der Waals surface area (Å²) in [5.74, 6) is -0.410. The molecule has 1 aromatic rings. The van der Waals surface area contributed by atoms with E-state index in [-0.39, 0.29) is 18.3 Å². The van der Waals surface area contributed by atoms with Crippen molar-refractivity contribution in [3.05, 3.63) is 11.7 Å². The number of rotatable bonds is 5. The number of carbonyl (C=O) groups excluding carboxylic acids is 1. The highest BCUT2D eigenvalue weighted by atomic mass is 16.5. The van der Waals surface area contributed by atoms with Gasteiger partial charge >= 0.3 is 5.97 Å². The molecular weight excluding hydrogens is 212 g/mol. The molecule has 1 aromatic heterocycles. The van der Waals surface area contributed by atoms with E-state index in [0.717, 1.165) is 0 Å². The fraction of sp³-hybridized carbons (Fsp3) is 0.700. The summed E-state index contributed by atoms with van der Waals surface area (Å²) in [4.78, 5) is 15.2. The normalized spacial score (nSPS) is 11.5. The molecule has 0 saturated carbocycles. The molecule has 0 aliphatic rings. The number of nitrogens with zero attached hydrogens (tertiary/aromatic N) is 2. The van der Waals surface area contributed by atoms with Crippen LogP contribution in [-0.2, 0) is 15.1 Å². The van der Waals surface area contributed by atoms with Crippen molar-refractivity contribution in [2.75, 3.05) is 13.2 Å². The summed E-state index contributed by atoms with van der Waals surface area (Å²) in [5, 5.41) is 3.54. The standard InChI is InChI=1S/C10H16N2O4/c1-5-14-8(13)7-11-9(16-12-7)10(3,4)15-6-2/h5-6H2,1-4H3. The van der Waals surface area contributed by atoms with Crippen molar-refractivity contribution in [3.8, 4) is 0 Å². The molecule has 0 aliphatic carbocycles. The van der Waals surface area contributed by atoms with Crippen LogP contribution in [0.25, 0.3) is 0 Å². The van der Waals surface area contributed by atoms with Crippen LogP contribution >= 0.6 is 0 Å². The summed E-state index contributed by atoms with van der Waals surface area (Å²) in [6, 6.07) is 0. The van der Waals surface area contributed by atoms with Gasteiger partial charge in [-0.2, -0.15) is 4.98 Å². The van der Waals surface area contributed by atoms with Crippen LogP contribution in [0.5, 0.6) is 0 Å². The number of carbonyl (C=O) groups is 1. The third-order valence-corrected chi connectivity index (χ3v) is 1.90. The Kier molecular flexibility index (Phi) is 4.00. The predicted octanol–water partition coefficient (Wildman–Crippen LogP) is 1.52. The Labute approximate surface area is 93.9 Å². The third kappa shape index (κ3) is 2.79. The highest BCUT2D eigenvalue weighted by Gasteiger charge is 2.29. The summed E-state index contributed by atoms with van der Waals surface area (Å²) in [6.45, 7) is 7.95. The maximum Gasteiger partial charge on any atom is 0.379 e. The molecule has 0 atom stereocenters. The van der Waals surface area contributed by atoms with Gasteiger partial charge in [0, 0.05) is 6.61 Å². The molecule has 0 bridgehead atoms. The predicted molar refractivity (Wildman–Crippen MR) is 54.9 cm³/mol. The Morgan fingerprint density at radius 2 is 2.06 bits per heavy atom. The molecule has 90 valence electrons. The second-order valence-electron chi connectivity index (χ2n) is 3.59. The first-order valence-electron chi connectivity index (χ1n) is 5.16. The lowest BCUT2D eigenvalue weighted by Crippen LogP contribution is -2.22. The second kappa shape index (κ2) is 5.07. The van der Waals surface area contributed by atoms with Gasteiger partial charge in [-0.1, -0.05) is 0 Å². The number of aromatic nitrogens is 2. The number of esters is 1. The summed E-state index contributed by atoms with van der Waals surface area (Å²) in [6.07, 6.45) is 0. The van der Waals surface area contributed by atoms with Crippen molar-refractivity contribution < 1.29 is 18.8 Å². The molecule has 0 unspecified atom stereocenters. The van der Waals surface area contributed by atoms with Crippen LogP contribution in [0.4, 0.5) is 0 Å². The minimum atomic E-state index is -0.702. The average molecular weight is 228 g/mol. The van der Waals surface area contributed by atoms with Gasteiger partial charge in [0.25, 0.3) is 11.7 Å². The quantitative estimate of drug-likeness (QED) is 0.711. The Hall–Kier alpha value is -1.43. The van der Waals surface area contributed by atoms with Gasteiger partial charge in [0.2, 0.25) is 0 Å². The molecule has 0 N–H and O–H groups in total. The first-order chi connectivity index (χ1) is 7.51. The van der Waals surface area contributed by atoms with Crippen molar-refractivity contribution in [1.29, 1.82) is 0 Å². The zero-order valence-electron chi connectivity index (χ0n) is 9.94. The smallest absolute Gasteiger partial charge is 0.379 e. The fourth-order valence-corrected chi connectivity index (χ4v) is 1.17. The van der Waals surface area contributed by atoms with Crippen LogP contribution in [-0.4, -0.2) is 29.3 Å². The van der Waals surface area contributed by atoms with Gasteiger partial charge in [-0.05, 0) is 32.9 Å². The van der Waals surface area contributed by atoms with Crippen molar-refractivity contribution >= 4 is 5.97 Å². The SMILES string of the molecule is CCOC(=O)c1noc(C(C)(C)OCC)n1. The molecule has 0 aromatic carbocycles. The van der Waals surface area contributed by atoms with Gasteiger partial charge in [0.15, 0.2) is 0 Å². The van der Waals surface area contributed by atoms with Crippen LogP contribution < -0.4 is 0 Å². The Morgan fingerprint density at radius 1 is 1.38 bits per heavy atom. The van der Waals surface area contributed by atoms with Crippen molar-refractivity contribution in [2.45, 2.75) is 33.3 Å². The maximum atomic E-state index is 11.3. The zero-order chi connectivity index (χ0) is 12.2. The number of hydrogen-bond donors (Lipinski definition) is 0. The lowest BCUT2D eigenvalue weighted by Gasteiger charge is -2.19. The highest BCUT2D eigenvalue weighted by molar-refractivity contribution is 5.84. The van der Waals surface area contributed by atoms with Crippen LogP contribution in [0, 0.1) is 0 Å². The molecule has 0 saturated heterocycles. The van der Waals surface area contributed by atoms with Crippen molar-refractivity contribution in [1.82, 2.24) is 10.1 Å². The van der Waals surface area contributed by atoms with Crippen LogP contribution in [0.15, 0.2) is 4.52 Å². The van der Waals surface area contributed by atoms with Gasteiger partial charge < -0.3 is 14.0 Å². The fourth-order valence-electron chi connectivity index (χ4n) is 1.17. The summed E-state index contributed by atoms with van der Waals surface area (Å²) < 4.78 is 15.1. The molecule has 6 nitrogen and oxygen atoms in total. The van der Waals surface area contributed by atoms with Gasteiger partial charge in [0.05, 0.1) is 6.61 Å². The van der Waals surface area contributed by atoms with Gasteiger partial charge in [-0.3, -0.25) is 0 Å². The van der Waals surface area contributed by atoms with Crippen LogP contribution in [0.2, 0.25) is 0 Å². The van der Waals surface area contributed by atoms with Crippen LogP contribution in [0.3, 0.4) is 0 Å². The Morgan fingerprint density at radius 3 is 2.62 bits per heavy atom. The van der Waals surface area contributed by atoms with E-state index in [1.165, 1.54) is 0 Å². The molecule has 16 heavy (non-hydrogen) atoms. The zero-order valence-corrected chi connectivity index (χ0v) is 9.94. The minimum Gasteiger partial charge on any atom is -0.460 e. The first-order valence-corrected chi connectivity index (χ1v) is 5.16. The Balaban J connectivity index is 2.82. The van der Waals surface area contributed by atoms with E-state index in [1.54, 1.807) is 20.8 Å². The van der Waals surface area contributed by atoms with E-state index < -0.39 is 11.6 Å². The molecule has 0 fully saturated rings. The maximum absolute atomic E-state index is 11.3. The lowest BCUT2D eigenvalue weighted by atomic mass is 10.1. The van der Waals surface area contributed by atoms with E-state index in [9.17, 15) is 4.79 Å². The third-order valence-electron chi connectivity index (χ3n) is 1.90. The lowest BCUT2D eigenvalue weighted by molar-refractivity contribution is -0.0370. The Bertz CT molecular complexity index is 359. The molecule has 1 heterocycles. The number of hydrogen-bond acceptors (Lipinski definition) is 6. The van der Waals surface area contributed by atoms with E-state index in [4.69, 9.17) is 14.0 Å². The molecular formula is C10H16N2O4. The molecule has 0 amide bonds. The van der Waals surface area contributed by atoms with Gasteiger partial charge in [-0.25, -0.2) is 4.79 Å². The van der Waals surface area contributed by atoms with E-state index >= 15 is 0 Å². The summed E-state index contributed by atoms with van der Waals surface area (Å²) in [5.41, 5.74) is -0.702. The average Bonchev–Trinajstić information content (AvgIpc) is 2.67. The summed E-state index contributed by atoms with van der Waals surface area (Å²) >= 11 is 0. The minimum absolute atomic E-state index is 0.0790. The molecule has 1 rings (SSSR count). The van der Waals surface area contributed by atoms with E-state index in [2.05, 4.69) is 10.1 Å². The topological polar surface area (TPSA) is 74.5 Å². The van der Waals surface area contributed by atoms with Gasteiger partial charge in [0.1, 0.15) is 5.60 Å². The molecule has 0 spiro atoms. The largest absolute Gasteiger partial charge is 0.460 e. The molecule has 6 heteroatoms. The monoisotopic (exact) mass is 228 g/mol. The van der Waals surface area contributed by atoms with Crippen molar-refractivity contribution in [2.24, 2.45) is 0 Å². The van der Waals surface area contributed by atoms with Crippen molar-refractivity contribution in [3.63, 3.8) is 0 Å². The first kappa shape index (κ1) is 12.6. The number of ether oxygens (including phenoxy) is 2. The highest BCUT2D eigenvalue weighted by Crippen LogP contribution is 2.22. The van der Waals surface area contributed by atoms with Gasteiger partial charge in [-0.15, -0.1) is 0 Å². The van der Waals surface area contributed by atoms with Crippen LogP contribution in [0.1, 0.15) is 44.2 Å². The van der Waals surface area contributed by atoms with E-state index in [1.807, 2.05) is 6.92 Å². The van der Waals surface area contributed by atoms with E-state index in [0.29, 0.717) is 6.61 Å². The molecule has 0 radical (unpaired) electrons. The second-order valence-corrected chi connectivity index (χ2v) is 3.59.